The summed E-state index contributed by atoms with van der Waals surface area (Å²) in [5.74, 6) is 0. The number of ether oxygens (including phenoxy) is 1. The van der Waals surface area contributed by atoms with Gasteiger partial charge in [0.25, 0.3) is 0 Å². The van der Waals surface area contributed by atoms with Gasteiger partial charge in [-0.1, -0.05) is 51.1 Å². The number of benzene rings is 1. The van der Waals surface area contributed by atoms with Crippen molar-refractivity contribution in [2.75, 3.05) is 0 Å². The first-order chi connectivity index (χ1) is 10.6. The van der Waals surface area contributed by atoms with E-state index in [2.05, 4.69) is 33.9 Å². The van der Waals surface area contributed by atoms with Crippen molar-refractivity contribution in [1.29, 1.82) is 0 Å². The van der Waals surface area contributed by atoms with E-state index in [0.29, 0.717) is 12.9 Å². The Bertz CT molecular complexity index is 482. The van der Waals surface area contributed by atoms with E-state index in [-0.39, 0.29) is 5.04 Å². The number of aldehydes is 1. The Morgan fingerprint density at radius 3 is 2.26 bits per heavy atom. The SMILES string of the molecule is C[C@H](OCc1ccccc1)[C@@H](O)[C@@H](C=O)O[Si](C)(C)C(C)(C)C. The van der Waals surface area contributed by atoms with Crippen molar-refractivity contribution in [2.45, 2.75) is 70.7 Å². The number of hydrogen-bond acceptors (Lipinski definition) is 4. The molecular weight excluding hydrogens is 308 g/mol. The predicted molar refractivity (Wildman–Crippen MR) is 94.8 cm³/mol. The summed E-state index contributed by atoms with van der Waals surface area (Å²) in [6, 6.07) is 9.74. The summed E-state index contributed by atoms with van der Waals surface area (Å²) in [5.41, 5.74) is 1.03. The minimum absolute atomic E-state index is 0.0257. The van der Waals surface area contributed by atoms with Gasteiger partial charge < -0.3 is 19.1 Å². The van der Waals surface area contributed by atoms with Crippen LogP contribution in [0.15, 0.2) is 30.3 Å². The maximum absolute atomic E-state index is 11.4. The van der Waals surface area contributed by atoms with Gasteiger partial charge in [0.2, 0.25) is 0 Å². The van der Waals surface area contributed by atoms with Crippen LogP contribution in [0, 0.1) is 0 Å². The number of hydrogen-bond donors (Lipinski definition) is 1. The normalized spacial score (nSPS) is 16.7. The molecule has 130 valence electrons. The lowest BCUT2D eigenvalue weighted by molar-refractivity contribution is -0.127. The first-order valence-electron chi connectivity index (χ1n) is 8.05. The van der Waals surface area contributed by atoms with Gasteiger partial charge in [0.05, 0.1) is 12.7 Å². The Balaban J connectivity index is 2.65. The topological polar surface area (TPSA) is 55.8 Å². The average molecular weight is 339 g/mol. The van der Waals surface area contributed by atoms with Crippen molar-refractivity contribution >= 4 is 14.6 Å². The molecule has 0 unspecified atom stereocenters. The first kappa shape index (κ1) is 20.0. The molecule has 1 rings (SSSR count). The van der Waals surface area contributed by atoms with Crippen molar-refractivity contribution in [3.8, 4) is 0 Å². The van der Waals surface area contributed by atoms with Crippen LogP contribution in [-0.2, 0) is 20.6 Å². The molecule has 0 saturated carbocycles. The maximum atomic E-state index is 11.4. The minimum atomic E-state index is -2.13. The molecule has 0 aromatic heterocycles. The smallest absolute Gasteiger partial charge is 0.193 e. The second-order valence-electron chi connectivity index (χ2n) is 7.47. The van der Waals surface area contributed by atoms with Crippen molar-refractivity contribution in [3.63, 3.8) is 0 Å². The molecule has 23 heavy (non-hydrogen) atoms. The molecule has 0 radical (unpaired) electrons. The van der Waals surface area contributed by atoms with E-state index >= 15 is 0 Å². The van der Waals surface area contributed by atoms with Crippen LogP contribution in [0.25, 0.3) is 0 Å². The molecule has 0 fully saturated rings. The Hall–Kier alpha value is -1.01. The molecule has 4 nitrogen and oxygen atoms in total. The molecule has 0 aliphatic rings. The van der Waals surface area contributed by atoms with Crippen molar-refractivity contribution in [1.82, 2.24) is 0 Å². The molecule has 0 saturated heterocycles. The third kappa shape index (κ3) is 5.84. The molecule has 5 heteroatoms. The number of carbonyl (C=O) groups is 1. The zero-order chi connectivity index (χ0) is 17.7. The molecule has 0 bridgehead atoms. The lowest BCUT2D eigenvalue weighted by atomic mass is 10.1. The minimum Gasteiger partial charge on any atom is -0.404 e. The number of carbonyl (C=O) groups excluding carboxylic acids is 1. The van der Waals surface area contributed by atoms with Gasteiger partial charge in [-0.2, -0.15) is 0 Å². The highest BCUT2D eigenvalue weighted by Crippen LogP contribution is 2.37. The Labute approximate surface area is 140 Å². The van der Waals surface area contributed by atoms with Gasteiger partial charge in [0.15, 0.2) is 8.32 Å². The Kier molecular flexibility index (Phi) is 7.14. The lowest BCUT2D eigenvalue weighted by Crippen LogP contribution is -2.50. The summed E-state index contributed by atoms with van der Waals surface area (Å²) in [7, 11) is -2.13. The molecule has 1 aromatic carbocycles. The van der Waals surface area contributed by atoms with E-state index in [9.17, 15) is 9.90 Å². The van der Waals surface area contributed by atoms with Crippen molar-refractivity contribution in [3.05, 3.63) is 35.9 Å². The van der Waals surface area contributed by atoms with Crippen LogP contribution >= 0.6 is 0 Å². The predicted octanol–water partition coefficient (Wildman–Crippen LogP) is 3.54. The van der Waals surface area contributed by atoms with E-state index in [4.69, 9.17) is 9.16 Å². The molecule has 1 aromatic rings. The van der Waals surface area contributed by atoms with Gasteiger partial charge in [-0.15, -0.1) is 0 Å². The molecule has 0 aliphatic heterocycles. The summed E-state index contributed by atoms with van der Waals surface area (Å²) < 4.78 is 11.7. The zero-order valence-corrected chi connectivity index (χ0v) is 16.1. The third-order valence-corrected chi connectivity index (χ3v) is 9.02. The van der Waals surface area contributed by atoms with Crippen LogP contribution in [0.4, 0.5) is 0 Å². The van der Waals surface area contributed by atoms with E-state index in [1.165, 1.54) is 0 Å². The van der Waals surface area contributed by atoms with E-state index in [1.807, 2.05) is 30.3 Å². The van der Waals surface area contributed by atoms with Gasteiger partial charge in [-0.3, -0.25) is 0 Å². The third-order valence-electron chi connectivity index (χ3n) is 4.54. The number of rotatable bonds is 8. The van der Waals surface area contributed by atoms with Crippen LogP contribution in [0.2, 0.25) is 18.1 Å². The molecule has 0 aliphatic carbocycles. The average Bonchev–Trinajstić information content (AvgIpc) is 2.49. The zero-order valence-electron chi connectivity index (χ0n) is 15.1. The van der Waals surface area contributed by atoms with Crippen LogP contribution < -0.4 is 0 Å². The molecule has 0 amide bonds. The van der Waals surface area contributed by atoms with Crippen LogP contribution in [0.3, 0.4) is 0 Å². The highest BCUT2D eigenvalue weighted by atomic mass is 28.4. The van der Waals surface area contributed by atoms with Crippen LogP contribution in [-0.4, -0.2) is 38.0 Å². The molecule has 3 atom stereocenters. The summed E-state index contributed by atoms with van der Waals surface area (Å²) in [5, 5.41) is 10.4. The lowest BCUT2D eigenvalue weighted by Gasteiger charge is -2.39. The standard InChI is InChI=1S/C18H30O4Si/c1-14(21-13-15-10-8-7-9-11-15)17(20)16(12-19)22-23(5,6)18(2,3)4/h7-12,14,16-17,20H,13H2,1-6H3/t14-,16+,17+/m0/s1. The summed E-state index contributed by atoms with van der Waals surface area (Å²) >= 11 is 0. The maximum Gasteiger partial charge on any atom is 0.193 e. The van der Waals surface area contributed by atoms with E-state index in [0.717, 1.165) is 5.56 Å². The fourth-order valence-corrected chi connectivity index (χ4v) is 3.09. The summed E-state index contributed by atoms with van der Waals surface area (Å²) in [6.45, 7) is 12.6. The fourth-order valence-electron chi connectivity index (χ4n) is 1.86. The highest BCUT2D eigenvalue weighted by Gasteiger charge is 2.41. The molecule has 0 spiro atoms. The largest absolute Gasteiger partial charge is 0.404 e. The van der Waals surface area contributed by atoms with Gasteiger partial charge in [0, 0.05) is 0 Å². The molecule has 0 heterocycles. The highest BCUT2D eigenvalue weighted by molar-refractivity contribution is 6.74. The second kappa shape index (κ2) is 8.19. The van der Waals surface area contributed by atoms with Gasteiger partial charge >= 0.3 is 0 Å². The Morgan fingerprint density at radius 1 is 1.22 bits per heavy atom. The Morgan fingerprint density at radius 2 is 1.78 bits per heavy atom. The van der Waals surface area contributed by atoms with Gasteiger partial charge in [-0.25, -0.2) is 0 Å². The van der Waals surface area contributed by atoms with Crippen molar-refractivity contribution < 1.29 is 19.1 Å². The van der Waals surface area contributed by atoms with Crippen molar-refractivity contribution in [2.24, 2.45) is 0 Å². The number of aliphatic hydroxyl groups is 1. The number of aliphatic hydroxyl groups excluding tert-OH is 1. The van der Waals surface area contributed by atoms with E-state index in [1.54, 1.807) is 6.92 Å². The monoisotopic (exact) mass is 338 g/mol. The molecule has 1 N–H and O–H groups in total. The van der Waals surface area contributed by atoms with Gasteiger partial charge in [0.1, 0.15) is 18.5 Å². The molecular formula is C18H30O4Si. The summed E-state index contributed by atoms with van der Waals surface area (Å²) in [4.78, 5) is 11.4. The van der Waals surface area contributed by atoms with E-state index < -0.39 is 26.6 Å². The second-order valence-corrected chi connectivity index (χ2v) is 12.2. The van der Waals surface area contributed by atoms with Crippen LogP contribution in [0.5, 0.6) is 0 Å². The first-order valence-corrected chi connectivity index (χ1v) is 11.0. The summed E-state index contributed by atoms with van der Waals surface area (Å²) in [6.07, 6.45) is -1.64. The quantitative estimate of drug-likeness (QED) is 0.582. The van der Waals surface area contributed by atoms with Crippen LogP contribution in [0.1, 0.15) is 33.3 Å². The van der Waals surface area contributed by atoms with Gasteiger partial charge in [-0.05, 0) is 30.6 Å². The fraction of sp³-hybridized carbons (Fsp3) is 0.611.